The largest absolute Gasteiger partial charge is 0.382 e. The summed E-state index contributed by atoms with van der Waals surface area (Å²) in [5.41, 5.74) is 1.69. The Labute approximate surface area is 128 Å². The first-order valence-corrected chi connectivity index (χ1v) is 7.75. The molecule has 0 radical (unpaired) electrons. The number of amides is 1. The Morgan fingerprint density at radius 3 is 2.76 bits per heavy atom. The van der Waals surface area contributed by atoms with Crippen molar-refractivity contribution in [3.05, 3.63) is 29.8 Å². The summed E-state index contributed by atoms with van der Waals surface area (Å²) in [5, 5.41) is 3.56. The van der Waals surface area contributed by atoms with Crippen LogP contribution in [0.5, 0.6) is 0 Å². The molecule has 4 nitrogen and oxygen atoms in total. The minimum atomic E-state index is 0.0473. The summed E-state index contributed by atoms with van der Waals surface area (Å²) in [5.74, 6) is 0.678. The monoisotopic (exact) mass is 289 g/mol. The Balaban J connectivity index is 2.10. The van der Waals surface area contributed by atoms with Gasteiger partial charge >= 0.3 is 0 Å². The predicted molar refractivity (Wildman–Crippen MR) is 87.8 cm³/mol. The Bertz CT molecular complexity index is 487. The molecular formula is C17H27N3O. The topological polar surface area (TPSA) is 35.6 Å². The molecule has 1 heterocycles. The third-order valence-electron chi connectivity index (χ3n) is 4.31. The van der Waals surface area contributed by atoms with Gasteiger partial charge in [-0.2, -0.15) is 0 Å². The minimum absolute atomic E-state index is 0.0473. The molecule has 4 heteroatoms. The van der Waals surface area contributed by atoms with E-state index >= 15 is 0 Å². The normalized spacial score (nSPS) is 20.9. The number of anilines is 1. The van der Waals surface area contributed by atoms with Gasteiger partial charge in [-0.25, -0.2) is 0 Å². The number of para-hydroxylation sites is 1. The highest BCUT2D eigenvalue weighted by atomic mass is 16.2. The first kappa shape index (κ1) is 15.8. The molecule has 1 aliphatic rings. The molecule has 1 amide bonds. The van der Waals surface area contributed by atoms with Gasteiger partial charge in [0.2, 0.25) is 0 Å². The van der Waals surface area contributed by atoms with Crippen LogP contribution in [0.2, 0.25) is 0 Å². The highest BCUT2D eigenvalue weighted by Crippen LogP contribution is 2.24. The SMILES string of the molecule is CC(Nc1ccccc1C(=O)N(C)C)C1CCCN(C)C1. The van der Waals surface area contributed by atoms with Crippen molar-refractivity contribution in [1.29, 1.82) is 0 Å². The van der Waals surface area contributed by atoms with E-state index in [4.69, 9.17) is 0 Å². The molecule has 0 bridgehead atoms. The lowest BCUT2D eigenvalue weighted by Crippen LogP contribution is -2.40. The lowest BCUT2D eigenvalue weighted by Gasteiger charge is -2.34. The van der Waals surface area contributed by atoms with Gasteiger partial charge in [0.15, 0.2) is 0 Å². The zero-order chi connectivity index (χ0) is 15.4. The second-order valence-electron chi connectivity index (χ2n) is 6.34. The molecule has 1 aromatic carbocycles. The first-order chi connectivity index (χ1) is 9.99. The third-order valence-corrected chi connectivity index (χ3v) is 4.31. The number of hydrogen-bond donors (Lipinski definition) is 1. The molecule has 1 aliphatic heterocycles. The molecule has 1 saturated heterocycles. The average molecular weight is 289 g/mol. The van der Waals surface area contributed by atoms with Crippen LogP contribution in [0, 0.1) is 5.92 Å². The maximum absolute atomic E-state index is 12.3. The van der Waals surface area contributed by atoms with Gasteiger partial charge in [0.25, 0.3) is 5.91 Å². The van der Waals surface area contributed by atoms with Crippen LogP contribution >= 0.6 is 0 Å². The lowest BCUT2D eigenvalue weighted by molar-refractivity contribution is 0.0828. The predicted octanol–water partition coefficient (Wildman–Crippen LogP) is 2.53. The van der Waals surface area contributed by atoms with Crippen LogP contribution in [0.15, 0.2) is 24.3 Å². The zero-order valence-corrected chi connectivity index (χ0v) is 13.6. The van der Waals surface area contributed by atoms with Crippen molar-refractivity contribution in [1.82, 2.24) is 9.80 Å². The number of carbonyl (C=O) groups is 1. The molecule has 116 valence electrons. The molecule has 0 aromatic heterocycles. The van der Waals surface area contributed by atoms with Crippen LogP contribution in [-0.4, -0.2) is 56.0 Å². The van der Waals surface area contributed by atoms with Gasteiger partial charge in [0.05, 0.1) is 5.56 Å². The van der Waals surface area contributed by atoms with Crippen LogP contribution in [0.1, 0.15) is 30.1 Å². The van der Waals surface area contributed by atoms with E-state index in [1.807, 2.05) is 24.3 Å². The van der Waals surface area contributed by atoms with Gasteiger partial charge in [-0.1, -0.05) is 12.1 Å². The van der Waals surface area contributed by atoms with Gasteiger partial charge < -0.3 is 15.1 Å². The number of rotatable bonds is 4. The quantitative estimate of drug-likeness (QED) is 0.925. The summed E-state index contributed by atoms with van der Waals surface area (Å²) in [6.07, 6.45) is 2.51. The molecule has 2 unspecified atom stereocenters. The molecule has 2 rings (SSSR count). The highest BCUT2D eigenvalue weighted by Gasteiger charge is 2.24. The first-order valence-electron chi connectivity index (χ1n) is 7.75. The molecule has 2 atom stereocenters. The Kier molecular flexibility index (Phi) is 5.23. The van der Waals surface area contributed by atoms with Crippen molar-refractivity contribution >= 4 is 11.6 Å². The van der Waals surface area contributed by atoms with E-state index in [-0.39, 0.29) is 5.91 Å². The van der Waals surface area contributed by atoms with E-state index in [1.54, 1.807) is 19.0 Å². The number of likely N-dealkylation sites (tertiary alicyclic amines) is 1. The average Bonchev–Trinajstić information content (AvgIpc) is 2.47. The molecule has 0 saturated carbocycles. The molecular weight excluding hydrogens is 262 g/mol. The fourth-order valence-electron chi connectivity index (χ4n) is 3.01. The Morgan fingerprint density at radius 2 is 2.10 bits per heavy atom. The molecule has 1 N–H and O–H groups in total. The number of nitrogens with one attached hydrogen (secondary N) is 1. The number of benzene rings is 1. The zero-order valence-electron chi connectivity index (χ0n) is 13.6. The standard InChI is InChI=1S/C17H27N3O/c1-13(14-8-7-11-20(4)12-14)18-16-10-6-5-9-15(16)17(21)19(2)3/h5-6,9-10,13-14,18H,7-8,11-12H2,1-4H3. The van der Waals surface area contributed by atoms with Crippen molar-refractivity contribution in [2.45, 2.75) is 25.8 Å². The van der Waals surface area contributed by atoms with E-state index in [9.17, 15) is 4.79 Å². The summed E-state index contributed by atoms with van der Waals surface area (Å²) in [7, 11) is 5.76. The van der Waals surface area contributed by atoms with Crippen LogP contribution < -0.4 is 5.32 Å². The maximum atomic E-state index is 12.3. The highest BCUT2D eigenvalue weighted by molar-refractivity contribution is 5.99. The Morgan fingerprint density at radius 1 is 1.38 bits per heavy atom. The van der Waals surface area contributed by atoms with Crippen molar-refractivity contribution < 1.29 is 4.79 Å². The third kappa shape index (κ3) is 3.97. The van der Waals surface area contributed by atoms with Crippen molar-refractivity contribution in [2.24, 2.45) is 5.92 Å². The van der Waals surface area contributed by atoms with Crippen LogP contribution in [-0.2, 0) is 0 Å². The lowest BCUT2D eigenvalue weighted by atomic mass is 9.91. The summed E-state index contributed by atoms with van der Waals surface area (Å²) < 4.78 is 0. The van der Waals surface area contributed by atoms with Gasteiger partial charge in [-0.05, 0) is 51.4 Å². The van der Waals surface area contributed by atoms with Gasteiger partial charge in [-0.3, -0.25) is 4.79 Å². The minimum Gasteiger partial charge on any atom is -0.382 e. The van der Waals surface area contributed by atoms with Crippen LogP contribution in [0.4, 0.5) is 5.69 Å². The summed E-state index contributed by atoms with van der Waals surface area (Å²) in [6, 6.07) is 8.16. The Hall–Kier alpha value is -1.55. The molecule has 0 aliphatic carbocycles. The number of nitrogens with zero attached hydrogens (tertiary/aromatic N) is 2. The van der Waals surface area contributed by atoms with E-state index in [0.717, 1.165) is 17.8 Å². The summed E-state index contributed by atoms with van der Waals surface area (Å²) in [6.45, 7) is 4.54. The summed E-state index contributed by atoms with van der Waals surface area (Å²) >= 11 is 0. The second kappa shape index (κ2) is 6.94. The van der Waals surface area contributed by atoms with E-state index < -0.39 is 0 Å². The number of carbonyl (C=O) groups excluding carboxylic acids is 1. The smallest absolute Gasteiger partial charge is 0.255 e. The molecule has 0 spiro atoms. The fraction of sp³-hybridized carbons (Fsp3) is 0.588. The van der Waals surface area contributed by atoms with Gasteiger partial charge in [-0.15, -0.1) is 0 Å². The number of piperidine rings is 1. The van der Waals surface area contributed by atoms with Crippen LogP contribution in [0.3, 0.4) is 0 Å². The van der Waals surface area contributed by atoms with E-state index in [2.05, 4.69) is 24.2 Å². The van der Waals surface area contributed by atoms with Gasteiger partial charge in [0.1, 0.15) is 0 Å². The van der Waals surface area contributed by atoms with E-state index in [0.29, 0.717) is 12.0 Å². The van der Waals surface area contributed by atoms with E-state index in [1.165, 1.54) is 19.4 Å². The van der Waals surface area contributed by atoms with Crippen molar-refractivity contribution in [3.8, 4) is 0 Å². The molecule has 1 aromatic rings. The number of hydrogen-bond acceptors (Lipinski definition) is 3. The summed E-state index contributed by atoms with van der Waals surface area (Å²) in [4.78, 5) is 16.3. The molecule has 21 heavy (non-hydrogen) atoms. The maximum Gasteiger partial charge on any atom is 0.255 e. The van der Waals surface area contributed by atoms with Crippen LogP contribution in [0.25, 0.3) is 0 Å². The fourth-order valence-corrected chi connectivity index (χ4v) is 3.01. The van der Waals surface area contributed by atoms with Crippen molar-refractivity contribution in [2.75, 3.05) is 39.5 Å². The molecule has 1 fully saturated rings. The second-order valence-corrected chi connectivity index (χ2v) is 6.34. The van der Waals surface area contributed by atoms with Gasteiger partial charge in [0, 0.05) is 32.4 Å². The van der Waals surface area contributed by atoms with Crippen molar-refractivity contribution in [3.63, 3.8) is 0 Å².